The fourth-order valence-corrected chi connectivity index (χ4v) is 2.23. The average molecular weight is 239 g/mol. The Morgan fingerprint density at radius 2 is 1.71 bits per heavy atom. The van der Waals surface area contributed by atoms with Crippen LogP contribution in [0.2, 0.25) is 0 Å². The molecule has 17 heavy (non-hydrogen) atoms. The van der Waals surface area contributed by atoms with E-state index >= 15 is 0 Å². The van der Waals surface area contributed by atoms with Gasteiger partial charge in [-0.2, -0.15) is 0 Å². The number of amides is 1. The van der Waals surface area contributed by atoms with Crippen molar-refractivity contribution in [3.63, 3.8) is 0 Å². The summed E-state index contributed by atoms with van der Waals surface area (Å²) in [4.78, 5) is 23.0. The molecular formula is C13H21NO3. The van der Waals surface area contributed by atoms with Crippen LogP contribution < -0.4 is 5.32 Å². The summed E-state index contributed by atoms with van der Waals surface area (Å²) in [7, 11) is 0. The molecule has 4 heteroatoms. The highest BCUT2D eigenvalue weighted by Crippen LogP contribution is 2.49. The third-order valence-electron chi connectivity index (χ3n) is 3.85. The molecule has 2 rings (SSSR count). The maximum Gasteiger partial charge on any atom is 0.310 e. The molecule has 0 saturated heterocycles. The number of rotatable bonds is 6. The minimum absolute atomic E-state index is 0.0734. The van der Waals surface area contributed by atoms with E-state index in [0.29, 0.717) is 11.8 Å². The van der Waals surface area contributed by atoms with Crippen LogP contribution in [0, 0.1) is 23.2 Å². The Morgan fingerprint density at radius 3 is 2.06 bits per heavy atom. The van der Waals surface area contributed by atoms with Crippen LogP contribution >= 0.6 is 0 Å². The van der Waals surface area contributed by atoms with Gasteiger partial charge in [-0.05, 0) is 51.4 Å². The molecule has 96 valence electrons. The molecule has 0 spiro atoms. The normalized spacial score (nSPS) is 20.4. The van der Waals surface area contributed by atoms with E-state index in [2.05, 4.69) is 5.32 Å². The molecule has 2 aliphatic rings. The van der Waals surface area contributed by atoms with E-state index in [9.17, 15) is 9.59 Å². The lowest BCUT2D eigenvalue weighted by molar-refractivity contribution is -0.146. The summed E-state index contributed by atoms with van der Waals surface area (Å²) >= 11 is 0. The molecule has 2 saturated carbocycles. The lowest BCUT2D eigenvalue weighted by Gasteiger charge is -2.22. The van der Waals surface area contributed by atoms with Crippen LogP contribution in [0.1, 0.15) is 39.5 Å². The predicted octanol–water partition coefficient (Wildman–Crippen LogP) is 1.65. The van der Waals surface area contributed by atoms with Gasteiger partial charge in [0.25, 0.3) is 0 Å². The second kappa shape index (κ2) is 4.31. The van der Waals surface area contributed by atoms with E-state index in [1.807, 2.05) is 0 Å². The number of carbonyl (C=O) groups excluding carboxylic acids is 1. The Hall–Kier alpha value is -1.06. The second-order valence-corrected chi connectivity index (χ2v) is 6.11. The highest BCUT2D eigenvalue weighted by Gasteiger charge is 2.45. The standard InChI is InChI=1S/C13H21NO3/c1-13(2,12(16)17)7-14-11(15)10(8-3-4-8)9-5-6-9/h8-10H,3-7H2,1-2H3,(H,14,15)(H,16,17). The maximum absolute atomic E-state index is 12.1. The number of hydrogen-bond acceptors (Lipinski definition) is 2. The molecule has 0 atom stereocenters. The van der Waals surface area contributed by atoms with Crippen molar-refractivity contribution in [2.45, 2.75) is 39.5 Å². The van der Waals surface area contributed by atoms with Crippen LogP contribution in [0.25, 0.3) is 0 Å². The molecule has 0 bridgehead atoms. The molecule has 0 heterocycles. The Balaban J connectivity index is 1.85. The summed E-state index contributed by atoms with van der Waals surface area (Å²) in [5, 5.41) is 11.8. The molecule has 0 aromatic heterocycles. The Labute approximate surface area is 102 Å². The van der Waals surface area contributed by atoms with Gasteiger partial charge in [0.05, 0.1) is 5.41 Å². The summed E-state index contributed by atoms with van der Waals surface area (Å²) in [6.45, 7) is 3.49. The van der Waals surface area contributed by atoms with Crippen molar-refractivity contribution in [3.8, 4) is 0 Å². The molecule has 0 aliphatic heterocycles. The van der Waals surface area contributed by atoms with Crippen molar-refractivity contribution in [2.24, 2.45) is 23.2 Å². The van der Waals surface area contributed by atoms with E-state index < -0.39 is 11.4 Å². The summed E-state index contributed by atoms with van der Waals surface area (Å²) in [5.41, 5.74) is -0.882. The molecular weight excluding hydrogens is 218 g/mol. The zero-order chi connectivity index (χ0) is 12.6. The minimum Gasteiger partial charge on any atom is -0.481 e. The van der Waals surface area contributed by atoms with Gasteiger partial charge in [0.15, 0.2) is 0 Å². The first-order valence-electron chi connectivity index (χ1n) is 6.43. The van der Waals surface area contributed by atoms with E-state index in [0.717, 1.165) is 25.7 Å². The van der Waals surface area contributed by atoms with Crippen molar-refractivity contribution >= 4 is 11.9 Å². The zero-order valence-corrected chi connectivity index (χ0v) is 10.5. The Morgan fingerprint density at radius 1 is 1.24 bits per heavy atom. The third-order valence-corrected chi connectivity index (χ3v) is 3.85. The van der Waals surface area contributed by atoms with Gasteiger partial charge >= 0.3 is 5.97 Å². The fourth-order valence-electron chi connectivity index (χ4n) is 2.23. The molecule has 4 nitrogen and oxygen atoms in total. The first-order valence-corrected chi connectivity index (χ1v) is 6.43. The molecule has 2 fully saturated rings. The molecule has 0 aromatic rings. The number of aliphatic carboxylic acids is 1. The Bertz CT molecular complexity index is 318. The van der Waals surface area contributed by atoms with Crippen LogP contribution in [0.3, 0.4) is 0 Å². The van der Waals surface area contributed by atoms with Crippen molar-refractivity contribution in [2.75, 3.05) is 6.54 Å². The SMILES string of the molecule is CC(C)(CNC(=O)C(C1CC1)C1CC1)C(=O)O. The molecule has 0 aromatic carbocycles. The van der Waals surface area contributed by atoms with Crippen LogP contribution in [-0.2, 0) is 9.59 Å². The molecule has 1 amide bonds. The van der Waals surface area contributed by atoms with Gasteiger partial charge < -0.3 is 10.4 Å². The molecule has 2 N–H and O–H groups in total. The van der Waals surface area contributed by atoms with Gasteiger partial charge in [-0.25, -0.2) is 0 Å². The smallest absolute Gasteiger partial charge is 0.310 e. The number of carboxylic acids is 1. The predicted molar refractivity (Wildman–Crippen MR) is 63.4 cm³/mol. The summed E-state index contributed by atoms with van der Waals surface area (Å²) in [5.74, 6) is 0.488. The first-order chi connectivity index (χ1) is 7.92. The van der Waals surface area contributed by atoms with E-state index in [4.69, 9.17) is 5.11 Å². The van der Waals surface area contributed by atoms with Gasteiger partial charge in [0.2, 0.25) is 5.91 Å². The molecule has 2 aliphatic carbocycles. The quantitative estimate of drug-likeness (QED) is 0.740. The van der Waals surface area contributed by atoms with E-state index in [1.54, 1.807) is 13.8 Å². The van der Waals surface area contributed by atoms with Gasteiger partial charge in [-0.3, -0.25) is 9.59 Å². The Kier molecular flexibility index (Phi) is 3.15. The molecule has 0 unspecified atom stereocenters. The monoisotopic (exact) mass is 239 g/mol. The first kappa shape index (κ1) is 12.4. The fraction of sp³-hybridized carbons (Fsp3) is 0.846. The minimum atomic E-state index is -0.882. The van der Waals surface area contributed by atoms with Crippen molar-refractivity contribution < 1.29 is 14.7 Å². The lowest BCUT2D eigenvalue weighted by Crippen LogP contribution is -2.42. The largest absolute Gasteiger partial charge is 0.481 e. The van der Waals surface area contributed by atoms with Crippen LogP contribution in [0.5, 0.6) is 0 Å². The maximum atomic E-state index is 12.1. The molecule has 0 radical (unpaired) electrons. The van der Waals surface area contributed by atoms with Crippen LogP contribution in [0.4, 0.5) is 0 Å². The third kappa shape index (κ3) is 2.99. The van der Waals surface area contributed by atoms with Crippen LogP contribution in [0.15, 0.2) is 0 Å². The number of carboxylic acid groups (broad SMARTS) is 1. The topological polar surface area (TPSA) is 66.4 Å². The van der Waals surface area contributed by atoms with Gasteiger partial charge in [-0.1, -0.05) is 0 Å². The summed E-state index contributed by atoms with van der Waals surface area (Å²) < 4.78 is 0. The number of carbonyl (C=O) groups is 2. The second-order valence-electron chi connectivity index (χ2n) is 6.11. The van der Waals surface area contributed by atoms with E-state index in [-0.39, 0.29) is 18.4 Å². The van der Waals surface area contributed by atoms with Crippen molar-refractivity contribution in [1.82, 2.24) is 5.32 Å². The zero-order valence-electron chi connectivity index (χ0n) is 10.5. The summed E-state index contributed by atoms with van der Waals surface area (Å²) in [6, 6.07) is 0. The number of nitrogens with one attached hydrogen (secondary N) is 1. The average Bonchev–Trinajstić information content (AvgIpc) is 3.09. The van der Waals surface area contributed by atoms with Gasteiger partial charge in [0, 0.05) is 12.5 Å². The van der Waals surface area contributed by atoms with Crippen molar-refractivity contribution in [3.05, 3.63) is 0 Å². The van der Waals surface area contributed by atoms with Crippen molar-refractivity contribution in [1.29, 1.82) is 0 Å². The highest BCUT2D eigenvalue weighted by molar-refractivity contribution is 5.81. The number of hydrogen-bond donors (Lipinski definition) is 2. The van der Waals surface area contributed by atoms with Crippen LogP contribution in [-0.4, -0.2) is 23.5 Å². The van der Waals surface area contributed by atoms with E-state index in [1.165, 1.54) is 0 Å². The van der Waals surface area contributed by atoms with Gasteiger partial charge in [-0.15, -0.1) is 0 Å². The van der Waals surface area contributed by atoms with Gasteiger partial charge in [0.1, 0.15) is 0 Å². The lowest BCUT2D eigenvalue weighted by atomic mass is 9.92. The summed E-state index contributed by atoms with van der Waals surface area (Å²) in [6.07, 6.45) is 4.65. The highest BCUT2D eigenvalue weighted by atomic mass is 16.4.